The fraction of sp³-hybridized carbons (Fsp3) is 0.867. The number of carboxylic acids is 1. The van der Waals surface area contributed by atoms with E-state index in [-0.39, 0.29) is 12.3 Å². The minimum Gasteiger partial charge on any atom is -0.481 e. The van der Waals surface area contributed by atoms with Gasteiger partial charge in [-0.15, -0.1) is 0 Å². The van der Waals surface area contributed by atoms with Gasteiger partial charge in [0, 0.05) is 25.7 Å². The topological polar surface area (TPSA) is 60.9 Å². The van der Waals surface area contributed by atoms with Gasteiger partial charge >= 0.3 is 5.97 Å². The third kappa shape index (κ3) is 4.47. The summed E-state index contributed by atoms with van der Waals surface area (Å²) >= 11 is 0. The lowest BCUT2D eigenvalue weighted by atomic mass is 9.92. The van der Waals surface area contributed by atoms with E-state index in [1.54, 1.807) is 0 Å². The van der Waals surface area contributed by atoms with Crippen molar-refractivity contribution >= 4 is 11.9 Å². The third-order valence-corrected chi connectivity index (χ3v) is 4.24. The van der Waals surface area contributed by atoms with Crippen LogP contribution < -0.4 is 0 Å². The Bertz CT molecular complexity index is 358. The van der Waals surface area contributed by atoms with Gasteiger partial charge in [0.15, 0.2) is 0 Å². The first kappa shape index (κ1) is 15.3. The van der Waals surface area contributed by atoms with Gasteiger partial charge in [0.05, 0.1) is 13.0 Å². The zero-order valence-electron chi connectivity index (χ0n) is 12.5. The SMILES string of the molecule is CC1CC(C)CN(C(=O)CN(CCC(=O)O)C2CC2)C1. The predicted octanol–water partition coefficient (Wildman–Crippen LogP) is 1.43. The number of nitrogens with zero attached hydrogens (tertiary/aromatic N) is 2. The van der Waals surface area contributed by atoms with Crippen LogP contribution >= 0.6 is 0 Å². The van der Waals surface area contributed by atoms with Gasteiger partial charge in [-0.05, 0) is 31.1 Å². The first-order valence-electron chi connectivity index (χ1n) is 7.69. The van der Waals surface area contributed by atoms with Gasteiger partial charge in [-0.3, -0.25) is 14.5 Å². The molecular weight excluding hydrogens is 256 g/mol. The molecule has 0 bridgehead atoms. The summed E-state index contributed by atoms with van der Waals surface area (Å²) < 4.78 is 0. The molecule has 1 N–H and O–H groups in total. The van der Waals surface area contributed by atoms with Gasteiger partial charge in [0.2, 0.25) is 5.91 Å². The number of amides is 1. The maximum Gasteiger partial charge on any atom is 0.304 e. The number of carbonyl (C=O) groups is 2. The van der Waals surface area contributed by atoms with E-state index in [2.05, 4.69) is 18.7 Å². The molecule has 1 saturated carbocycles. The molecule has 20 heavy (non-hydrogen) atoms. The first-order valence-corrected chi connectivity index (χ1v) is 7.69. The Balaban J connectivity index is 1.85. The summed E-state index contributed by atoms with van der Waals surface area (Å²) in [6.45, 7) is 6.96. The second-order valence-corrected chi connectivity index (χ2v) is 6.59. The minimum absolute atomic E-state index is 0.122. The van der Waals surface area contributed by atoms with Crippen molar-refractivity contribution in [1.82, 2.24) is 9.80 Å². The Morgan fingerprint density at radius 2 is 1.80 bits per heavy atom. The molecule has 1 amide bonds. The van der Waals surface area contributed by atoms with E-state index in [1.807, 2.05) is 4.90 Å². The second kappa shape index (κ2) is 6.57. The molecule has 0 aromatic heterocycles. The average molecular weight is 282 g/mol. The number of hydrogen-bond donors (Lipinski definition) is 1. The van der Waals surface area contributed by atoms with E-state index >= 15 is 0 Å². The van der Waals surface area contributed by atoms with Crippen LogP contribution in [0.3, 0.4) is 0 Å². The van der Waals surface area contributed by atoms with Gasteiger partial charge in [-0.1, -0.05) is 13.8 Å². The van der Waals surface area contributed by atoms with Crippen molar-refractivity contribution in [1.29, 1.82) is 0 Å². The van der Waals surface area contributed by atoms with Gasteiger partial charge < -0.3 is 10.0 Å². The van der Waals surface area contributed by atoms with E-state index < -0.39 is 5.97 Å². The highest BCUT2D eigenvalue weighted by Crippen LogP contribution is 2.27. The molecule has 1 saturated heterocycles. The summed E-state index contributed by atoms with van der Waals surface area (Å²) in [5, 5.41) is 8.79. The molecule has 1 heterocycles. The van der Waals surface area contributed by atoms with E-state index in [0.717, 1.165) is 25.9 Å². The monoisotopic (exact) mass is 282 g/mol. The van der Waals surface area contributed by atoms with E-state index in [4.69, 9.17) is 5.11 Å². The zero-order chi connectivity index (χ0) is 14.7. The Morgan fingerprint density at radius 3 is 2.30 bits per heavy atom. The Kier molecular flexibility index (Phi) is 5.02. The molecule has 2 atom stereocenters. The lowest BCUT2D eigenvalue weighted by Gasteiger charge is -2.36. The number of carbonyl (C=O) groups excluding carboxylic acids is 1. The molecule has 1 aliphatic carbocycles. The summed E-state index contributed by atoms with van der Waals surface area (Å²) in [7, 11) is 0. The molecule has 1 aliphatic heterocycles. The smallest absolute Gasteiger partial charge is 0.304 e. The first-order chi connectivity index (χ1) is 9.45. The molecule has 0 radical (unpaired) electrons. The quantitative estimate of drug-likeness (QED) is 0.800. The fourth-order valence-electron chi connectivity index (χ4n) is 3.21. The number of carboxylic acid groups (broad SMARTS) is 1. The van der Waals surface area contributed by atoms with Crippen molar-refractivity contribution < 1.29 is 14.7 Å². The highest BCUT2D eigenvalue weighted by atomic mass is 16.4. The highest BCUT2D eigenvalue weighted by molar-refractivity contribution is 5.78. The van der Waals surface area contributed by atoms with Crippen LogP contribution in [-0.4, -0.2) is 59.0 Å². The fourth-order valence-corrected chi connectivity index (χ4v) is 3.21. The lowest BCUT2D eigenvalue weighted by molar-refractivity contribution is -0.139. The number of likely N-dealkylation sites (tertiary alicyclic amines) is 1. The summed E-state index contributed by atoms with van der Waals surface area (Å²) in [5.74, 6) is 0.510. The van der Waals surface area contributed by atoms with Crippen molar-refractivity contribution in [3.8, 4) is 0 Å². The van der Waals surface area contributed by atoms with Crippen LogP contribution in [0.25, 0.3) is 0 Å². The van der Waals surface area contributed by atoms with Crippen molar-refractivity contribution in [2.24, 2.45) is 11.8 Å². The third-order valence-electron chi connectivity index (χ3n) is 4.24. The summed E-state index contributed by atoms with van der Waals surface area (Å²) in [6, 6.07) is 0.429. The molecule has 2 aliphatic rings. The maximum atomic E-state index is 12.4. The number of piperidine rings is 1. The van der Waals surface area contributed by atoms with E-state index in [1.165, 1.54) is 6.42 Å². The van der Waals surface area contributed by atoms with Crippen LogP contribution in [0.2, 0.25) is 0 Å². The number of aliphatic carboxylic acids is 1. The molecule has 5 heteroatoms. The van der Waals surface area contributed by atoms with Crippen LogP contribution in [0.4, 0.5) is 0 Å². The summed E-state index contributed by atoms with van der Waals surface area (Å²) in [6.07, 6.45) is 3.51. The average Bonchev–Trinajstić information content (AvgIpc) is 3.16. The molecule has 5 nitrogen and oxygen atoms in total. The van der Waals surface area contributed by atoms with Gasteiger partial charge in [0.25, 0.3) is 0 Å². The molecule has 0 aromatic carbocycles. The van der Waals surface area contributed by atoms with Crippen LogP contribution in [0, 0.1) is 11.8 Å². The normalized spacial score (nSPS) is 26.9. The second-order valence-electron chi connectivity index (χ2n) is 6.59. The van der Waals surface area contributed by atoms with Gasteiger partial charge in [0.1, 0.15) is 0 Å². The minimum atomic E-state index is -0.789. The van der Waals surface area contributed by atoms with Crippen LogP contribution in [0.1, 0.15) is 39.5 Å². The lowest BCUT2D eigenvalue weighted by Crippen LogP contribution is -2.47. The van der Waals surface area contributed by atoms with Crippen molar-refractivity contribution in [3.05, 3.63) is 0 Å². The van der Waals surface area contributed by atoms with Crippen molar-refractivity contribution in [2.75, 3.05) is 26.2 Å². The van der Waals surface area contributed by atoms with E-state index in [0.29, 0.717) is 31.0 Å². The van der Waals surface area contributed by atoms with Crippen molar-refractivity contribution in [3.63, 3.8) is 0 Å². The van der Waals surface area contributed by atoms with Gasteiger partial charge in [-0.2, -0.15) is 0 Å². The van der Waals surface area contributed by atoms with Crippen LogP contribution in [0.5, 0.6) is 0 Å². The maximum absolute atomic E-state index is 12.4. The zero-order valence-corrected chi connectivity index (χ0v) is 12.5. The molecule has 0 aromatic rings. The Morgan fingerprint density at radius 1 is 1.20 bits per heavy atom. The Hall–Kier alpha value is -1.10. The molecule has 0 spiro atoms. The molecule has 114 valence electrons. The van der Waals surface area contributed by atoms with E-state index in [9.17, 15) is 9.59 Å². The highest BCUT2D eigenvalue weighted by Gasteiger charge is 2.33. The van der Waals surface area contributed by atoms with Crippen molar-refractivity contribution in [2.45, 2.75) is 45.6 Å². The molecule has 2 fully saturated rings. The molecular formula is C15H26N2O3. The molecule has 2 unspecified atom stereocenters. The number of rotatable bonds is 6. The van der Waals surface area contributed by atoms with Gasteiger partial charge in [-0.25, -0.2) is 0 Å². The number of hydrogen-bond acceptors (Lipinski definition) is 3. The predicted molar refractivity (Wildman–Crippen MR) is 76.4 cm³/mol. The standard InChI is InChI=1S/C15H26N2O3/c1-11-7-12(2)9-17(8-11)14(18)10-16(13-3-4-13)6-5-15(19)20/h11-13H,3-10H2,1-2H3,(H,19,20). The van der Waals surface area contributed by atoms with Crippen LogP contribution in [-0.2, 0) is 9.59 Å². The summed E-state index contributed by atoms with van der Waals surface area (Å²) in [5.41, 5.74) is 0. The molecule has 2 rings (SSSR count). The van der Waals surface area contributed by atoms with Crippen LogP contribution in [0.15, 0.2) is 0 Å². The summed E-state index contributed by atoms with van der Waals surface area (Å²) in [4.78, 5) is 27.1. The Labute approximate surface area is 120 Å². The largest absolute Gasteiger partial charge is 0.481 e.